The van der Waals surface area contributed by atoms with E-state index in [-0.39, 0.29) is 30.3 Å². The van der Waals surface area contributed by atoms with Gasteiger partial charge in [0.15, 0.2) is 0 Å². The molecule has 0 aliphatic rings. The summed E-state index contributed by atoms with van der Waals surface area (Å²) in [6.07, 6.45) is 1.92. The predicted molar refractivity (Wildman–Crippen MR) is 129 cm³/mol. The van der Waals surface area contributed by atoms with E-state index >= 15 is 0 Å². The van der Waals surface area contributed by atoms with Crippen LogP contribution in [-0.2, 0) is 9.59 Å². The molecular formula is C26H32N4O2. The number of hydrogen-bond acceptors (Lipinski definition) is 3. The van der Waals surface area contributed by atoms with Gasteiger partial charge in [0.2, 0.25) is 17.8 Å². The molecule has 6 nitrogen and oxygen atoms in total. The Morgan fingerprint density at radius 1 is 0.938 bits per heavy atom. The molecule has 0 fully saturated rings. The number of imidazole rings is 1. The fourth-order valence-corrected chi connectivity index (χ4v) is 3.40. The highest BCUT2D eigenvalue weighted by molar-refractivity contribution is 5.94. The van der Waals surface area contributed by atoms with Crippen molar-refractivity contribution in [2.24, 2.45) is 5.92 Å². The summed E-state index contributed by atoms with van der Waals surface area (Å²) in [5.74, 6) is -0.0671. The van der Waals surface area contributed by atoms with Crippen LogP contribution in [0, 0.1) is 19.8 Å². The van der Waals surface area contributed by atoms with Crippen LogP contribution in [0.15, 0.2) is 54.7 Å². The number of carbonyl (C=O) groups is 2. The first-order chi connectivity index (χ1) is 15.2. The van der Waals surface area contributed by atoms with E-state index in [0.717, 1.165) is 22.5 Å². The Balaban J connectivity index is 1.93. The first kappa shape index (κ1) is 23.3. The highest BCUT2D eigenvalue weighted by Gasteiger charge is 2.23. The van der Waals surface area contributed by atoms with E-state index in [9.17, 15) is 9.59 Å². The van der Waals surface area contributed by atoms with Crippen molar-refractivity contribution in [3.05, 3.63) is 65.9 Å². The first-order valence-electron chi connectivity index (χ1n) is 11.0. The second-order valence-corrected chi connectivity index (χ2v) is 8.78. The van der Waals surface area contributed by atoms with Crippen LogP contribution in [0.4, 0.5) is 5.95 Å². The molecule has 0 aliphatic heterocycles. The molecule has 1 aromatic heterocycles. The largest absolute Gasteiger partial charge is 0.331 e. The Morgan fingerprint density at radius 3 is 2.03 bits per heavy atom. The lowest BCUT2D eigenvalue weighted by atomic mass is 10.1. The Labute approximate surface area is 190 Å². The lowest BCUT2D eigenvalue weighted by Gasteiger charge is -2.27. The molecule has 0 saturated heterocycles. The number of amides is 2. The van der Waals surface area contributed by atoms with Crippen molar-refractivity contribution in [2.45, 2.75) is 47.6 Å². The third-order valence-corrected chi connectivity index (χ3v) is 5.33. The molecular weight excluding hydrogens is 400 g/mol. The summed E-state index contributed by atoms with van der Waals surface area (Å²) in [5, 5.41) is 2.92. The zero-order valence-corrected chi connectivity index (χ0v) is 19.7. The number of benzene rings is 2. The van der Waals surface area contributed by atoms with E-state index in [1.165, 1.54) is 5.56 Å². The maximum Gasteiger partial charge on any atom is 0.246 e. The number of hydrogen-bond donors (Lipinski definition) is 1. The molecule has 0 saturated carbocycles. The molecule has 2 aromatic carbocycles. The summed E-state index contributed by atoms with van der Waals surface area (Å²) in [6, 6.07) is 16.1. The van der Waals surface area contributed by atoms with Crippen LogP contribution >= 0.6 is 0 Å². The number of nitrogens with one attached hydrogen (secondary N) is 1. The Kier molecular flexibility index (Phi) is 7.13. The van der Waals surface area contributed by atoms with Crippen molar-refractivity contribution in [2.75, 3.05) is 11.9 Å². The Hall–Kier alpha value is -3.41. The molecule has 0 aliphatic carbocycles. The maximum atomic E-state index is 12.9. The first-order valence-corrected chi connectivity index (χ1v) is 11.0. The van der Waals surface area contributed by atoms with Crippen molar-refractivity contribution in [1.29, 1.82) is 0 Å². The normalized spacial score (nSPS) is 11.1. The fourth-order valence-electron chi connectivity index (χ4n) is 3.40. The van der Waals surface area contributed by atoms with Gasteiger partial charge in [0.1, 0.15) is 6.54 Å². The molecule has 3 aromatic rings. The Morgan fingerprint density at radius 2 is 1.50 bits per heavy atom. The van der Waals surface area contributed by atoms with Gasteiger partial charge in [-0.3, -0.25) is 19.5 Å². The van der Waals surface area contributed by atoms with E-state index in [4.69, 9.17) is 4.98 Å². The summed E-state index contributed by atoms with van der Waals surface area (Å²) in [4.78, 5) is 31.8. The molecule has 0 spiro atoms. The van der Waals surface area contributed by atoms with E-state index in [2.05, 4.69) is 5.32 Å². The number of nitrogens with zero attached hydrogens (tertiary/aromatic N) is 3. The van der Waals surface area contributed by atoms with E-state index in [0.29, 0.717) is 5.95 Å². The van der Waals surface area contributed by atoms with Crippen molar-refractivity contribution < 1.29 is 9.59 Å². The average molecular weight is 433 g/mol. The molecule has 2 amide bonds. The van der Waals surface area contributed by atoms with Gasteiger partial charge in [-0.05, 0) is 39.8 Å². The van der Waals surface area contributed by atoms with E-state index in [1.807, 2.05) is 101 Å². The van der Waals surface area contributed by atoms with Gasteiger partial charge in [-0.15, -0.1) is 0 Å². The number of rotatable bonds is 7. The van der Waals surface area contributed by atoms with Crippen LogP contribution in [0.5, 0.6) is 0 Å². The van der Waals surface area contributed by atoms with Crippen LogP contribution in [0.25, 0.3) is 16.9 Å². The van der Waals surface area contributed by atoms with Crippen molar-refractivity contribution in [3.63, 3.8) is 0 Å². The molecule has 168 valence electrons. The third kappa shape index (κ3) is 5.44. The van der Waals surface area contributed by atoms with Gasteiger partial charge in [-0.25, -0.2) is 4.98 Å². The molecule has 0 atom stereocenters. The summed E-state index contributed by atoms with van der Waals surface area (Å²) in [7, 11) is 0. The van der Waals surface area contributed by atoms with Gasteiger partial charge in [-0.1, -0.05) is 61.4 Å². The number of anilines is 1. The second-order valence-electron chi connectivity index (χ2n) is 8.78. The lowest BCUT2D eigenvalue weighted by Crippen LogP contribution is -2.44. The summed E-state index contributed by atoms with van der Waals surface area (Å²) < 4.78 is 1.87. The minimum Gasteiger partial charge on any atom is -0.331 e. The molecule has 32 heavy (non-hydrogen) atoms. The topological polar surface area (TPSA) is 67.2 Å². The Bertz CT molecular complexity index is 1080. The molecule has 1 N–H and O–H groups in total. The molecule has 0 unspecified atom stereocenters. The minimum atomic E-state index is -0.276. The molecule has 0 radical (unpaired) electrons. The summed E-state index contributed by atoms with van der Waals surface area (Å²) in [6.45, 7) is 11.6. The smallest absolute Gasteiger partial charge is 0.246 e. The quantitative estimate of drug-likeness (QED) is 0.572. The number of aryl methyl sites for hydroxylation is 2. The third-order valence-electron chi connectivity index (χ3n) is 5.33. The monoisotopic (exact) mass is 432 g/mol. The number of aromatic nitrogens is 2. The van der Waals surface area contributed by atoms with Crippen LogP contribution in [0.2, 0.25) is 0 Å². The zero-order chi connectivity index (χ0) is 23.4. The minimum absolute atomic E-state index is 0.0185. The van der Waals surface area contributed by atoms with Gasteiger partial charge in [-0.2, -0.15) is 0 Å². The standard InChI is InChI=1S/C26H32N4O2/c1-17(2)25(32)29(18(3)4)16-24(31)28-26-27-23(21-11-7-19(5)8-12-21)15-30(26)22-13-9-20(6)10-14-22/h7-15,17-18H,16H2,1-6H3,(H,27,28,31). The molecule has 1 heterocycles. The predicted octanol–water partition coefficient (Wildman–Crippen LogP) is 4.99. The summed E-state index contributed by atoms with van der Waals surface area (Å²) >= 11 is 0. The van der Waals surface area contributed by atoms with Crippen molar-refractivity contribution in [3.8, 4) is 16.9 Å². The van der Waals surface area contributed by atoms with Crippen molar-refractivity contribution in [1.82, 2.24) is 14.5 Å². The molecule has 0 bridgehead atoms. The van der Waals surface area contributed by atoms with Crippen LogP contribution in [0.3, 0.4) is 0 Å². The van der Waals surface area contributed by atoms with Gasteiger partial charge < -0.3 is 4.90 Å². The SMILES string of the molecule is Cc1ccc(-c2cn(-c3ccc(C)cc3)c(NC(=O)CN(C(=O)C(C)C)C(C)C)n2)cc1. The summed E-state index contributed by atoms with van der Waals surface area (Å²) in [5.41, 5.74) is 4.95. The van der Waals surface area contributed by atoms with Crippen molar-refractivity contribution >= 4 is 17.8 Å². The van der Waals surface area contributed by atoms with Gasteiger partial charge >= 0.3 is 0 Å². The zero-order valence-electron chi connectivity index (χ0n) is 19.7. The highest BCUT2D eigenvalue weighted by atomic mass is 16.2. The van der Waals surface area contributed by atoms with Gasteiger partial charge in [0.25, 0.3) is 0 Å². The molecule has 3 rings (SSSR count). The molecule has 6 heteroatoms. The number of carbonyl (C=O) groups excluding carboxylic acids is 2. The van der Waals surface area contributed by atoms with Gasteiger partial charge in [0.05, 0.1) is 5.69 Å². The van der Waals surface area contributed by atoms with Crippen LogP contribution in [0.1, 0.15) is 38.8 Å². The van der Waals surface area contributed by atoms with E-state index in [1.54, 1.807) is 4.90 Å². The lowest BCUT2D eigenvalue weighted by molar-refractivity contribution is -0.139. The van der Waals surface area contributed by atoms with Crippen LogP contribution in [-0.4, -0.2) is 38.9 Å². The van der Waals surface area contributed by atoms with Gasteiger partial charge in [0, 0.05) is 29.4 Å². The fraction of sp³-hybridized carbons (Fsp3) is 0.346. The highest BCUT2D eigenvalue weighted by Crippen LogP contribution is 2.25. The second kappa shape index (κ2) is 9.81. The maximum absolute atomic E-state index is 12.9. The average Bonchev–Trinajstić information content (AvgIpc) is 3.15. The van der Waals surface area contributed by atoms with E-state index < -0.39 is 0 Å². The van der Waals surface area contributed by atoms with Crippen LogP contribution < -0.4 is 5.32 Å².